The van der Waals surface area contributed by atoms with Gasteiger partial charge in [-0.25, -0.2) is 0 Å². The largest absolute Gasteiger partial charge is 0.394 e. The fourth-order valence-electron chi connectivity index (χ4n) is 6.81. The highest BCUT2D eigenvalue weighted by Gasteiger charge is 2.20. The topological polar surface area (TPSA) is 69.6 Å². The number of carbonyl (C=O) groups is 1. The van der Waals surface area contributed by atoms with Crippen LogP contribution < -0.4 is 5.32 Å². The van der Waals surface area contributed by atoms with Crippen LogP contribution in [0, 0.1) is 0 Å². The van der Waals surface area contributed by atoms with E-state index in [1.807, 2.05) is 0 Å². The molecule has 0 saturated carbocycles. The molecule has 0 aromatic rings. The van der Waals surface area contributed by atoms with Gasteiger partial charge in [0.15, 0.2) is 0 Å². The van der Waals surface area contributed by atoms with Crippen LogP contribution in [-0.2, 0) is 4.79 Å². The van der Waals surface area contributed by atoms with E-state index in [0.717, 1.165) is 83.5 Å². The Morgan fingerprint density at radius 2 is 0.786 bits per heavy atom. The summed E-state index contributed by atoms with van der Waals surface area (Å²) in [7, 11) is 0. The third-order valence-electron chi connectivity index (χ3n) is 10.4. The lowest BCUT2D eigenvalue weighted by Crippen LogP contribution is -2.45. The maximum atomic E-state index is 12.4. The van der Waals surface area contributed by atoms with Crippen LogP contribution in [0.15, 0.2) is 85.1 Å². The van der Waals surface area contributed by atoms with Gasteiger partial charge in [-0.05, 0) is 70.6 Å². The van der Waals surface area contributed by atoms with Crippen LogP contribution in [0.25, 0.3) is 0 Å². The number of hydrogen-bond donors (Lipinski definition) is 3. The van der Waals surface area contributed by atoms with E-state index in [1.54, 1.807) is 0 Å². The van der Waals surface area contributed by atoms with Crippen molar-refractivity contribution in [3.8, 4) is 0 Å². The van der Waals surface area contributed by atoms with Crippen LogP contribution in [0.4, 0.5) is 0 Å². The van der Waals surface area contributed by atoms with Crippen molar-refractivity contribution in [2.24, 2.45) is 0 Å². The summed E-state index contributed by atoms with van der Waals surface area (Å²) in [5.74, 6) is -0.0459. The summed E-state index contributed by atoms with van der Waals surface area (Å²) in [6.07, 6.45) is 68.1. The van der Waals surface area contributed by atoms with Gasteiger partial charge in [-0.2, -0.15) is 0 Å². The quantitative estimate of drug-likeness (QED) is 0.0427. The summed E-state index contributed by atoms with van der Waals surface area (Å²) in [4.78, 5) is 12.4. The minimum absolute atomic E-state index is 0.0459. The Morgan fingerprint density at radius 1 is 0.446 bits per heavy atom. The van der Waals surface area contributed by atoms with Gasteiger partial charge < -0.3 is 15.5 Å². The Morgan fingerprint density at radius 3 is 1.18 bits per heavy atom. The zero-order valence-corrected chi connectivity index (χ0v) is 36.9. The van der Waals surface area contributed by atoms with Crippen molar-refractivity contribution in [3.63, 3.8) is 0 Å². The lowest BCUT2D eigenvalue weighted by molar-refractivity contribution is -0.123. The van der Waals surface area contributed by atoms with Crippen molar-refractivity contribution in [2.75, 3.05) is 6.61 Å². The van der Waals surface area contributed by atoms with Crippen molar-refractivity contribution >= 4 is 5.91 Å². The summed E-state index contributed by atoms with van der Waals surface area (Å²) < 4.78 is 0. The van der Waals surface area contributed by atoms with Crippen LogP contribution >= 0.6 is 0 Å². The average molecular weight is 778 g/mol. The van der Waals surface area contributed by atoms with Crippen molar-refractivity contribution in [2.45, 2.75) is 231 Å². The Kier molecular flexibility index (Phi) is 44.9. The molecule has 0 rings (SSSR count). The SMILES string of the molecule is CC/C=C\C/C=C\C/C=C\C/C=C\C/C=C\C/C=C\C/C=C\CCCCCCCCCC(=O)NC(CO)C(O)CCCCCCCCCCCCCCCCC. The predicted molar refractivity (Wildman–Crippen MR) is 248 cm³/mol. The highest BCUT2D eigenvalue weighted by molar-refractivity contribution is 5.76. The van der Waals surface area contributed by atoms with Crippen LogP contribution in [0.5, 0.6) is 0 Å². The fraction of sp³-hybridized carbons (Fsp3) is 0.712. The zero-order chi connectivity index (χ0) is 40.7. The van der Waals surface area contributed by atoms with E-state index in [0.29, 0.717) is 12.8 Å². The number of aliphatic hydroxyl groups excluding tert-OH is 2. The van der Waals surface area contributed by atoms with Gasteiger partial charge in [0.1, 0.15) is 0 Å². The first-order valence-corrected chi connectivity index (χ1v) is 23.8. The first kappa shape index (κ1) is 53.6. The molecule has 0 radical (unpaired) electrons. The molecule has 0 saturated heterocycles. The molecule has 1 amide bonds. The van der Waals surface area contributed by atoms with E-state index in [2.05, 4.69) is 104 Å². The molecule has 0 aromatic heterocycles. The number of carbonyl (C=O) groups excluding carboxylic acids is 1. The monoisotopic (exact) mass is 778 g/mol. The van der Waals surface area contributed by atoms with E-state index in [9.17, 15) is 15.0 Å². The Labute approximate surface area is 348 Å². The number of rotatable bonds is 42. The van der Waals surface area contributed by atoms with E-state index >= 15 is 0 Å². The molecule has 0 fully saturated rings. The number of nitrogens with one attached hydrogen (secondary N) is 1. The van der Waals surface area contributed by atoms with Crippen LogP contribution in [0.3, 0.4) is 0 Å². The molecule has 0 aliphatic carbocycles. The molecular formula is C52H91NO3. The number of unbranched alkanes of at least 4 members (excludes halogenated alkanes) is 21. The number of allylic oxidation sites excluding steroid dienone is 14. The molecule has 56 heavy (non-hydrogen) atoms. The second-order valence-electron chi connectivity index (χ2n) is 15.8. The maximum Gasteiger partial charge on any atom is 0.220 e. The van der Waals surface area contributed by atoms with E-state index in [1.165, 1.54) is 109 Å². The molecule has 4 nitrogen and oxygen atoms in total. The van der Waals surface area contributed by atoms with E-state index in [4.69, 9.17) is 0 Å². The standard InChI is InChI=1S/C52H91NO3/c1-3-5-7-9-11-13-15-17-19-20-21-22-23-24-25-26-27-28-29-30-31-32-34-36-38-40-42-44-46-48-52(56)53-50(49-54)51(55)47-45-43-41-39-37-35-33-18-16-14-12-10-8-6-4-2/h5,7,11,13,17,19,21-22,24-25,27-28,30-31,50-51,54-55H,3-4,6,8-10,12,14-16,18,20,23,26,29,32-49H2,1-2H3,(H,53,56)/b7-5-,13-11-,19-17-,22-21-,25-24-,28-27-,31-30-. The fourth-order valence-corrected chi connectivity index (χ4v) is 6.81. The van der Waals surface area contributed by atoms with Gasteiger partial charge in [0.2, 0.25) is 5.91 Å². The van der Waals surface area contributed by atoms with Crippen LogP contribution in [-0.4, -0.2) is 34.9 Å². The van der Waals surface area contributed by atoms with Gasteiger partial charge in [0.05, 0.1) is 18.8 Å². The van der Waals surface area contributed by atoms with Crippen molar-refractivity contribution < 1.29 is 15.0 Å². The predicted octanol–water partition coefficient (Wildman–Crippen LogP) is 15.2. The molecule has 0 aromatic carbocycles. The first-order valence-electron chi connectivity index (χ1n) is 23.8. The normalized spacial score (nSPS) is 13.7. The number of hydrogen-bond acceptors (Lipinski definition) is 3. The second-order valence-corrected chi connectivity index (χ2v) is 15.8. The van der Waals surface area contributed by atoms with Gasteiger partial charge in [0.25, 0.3) is 0 Å². The number of aliphatic hydroxyl groups is 2. The molecule has 0 aliphatic heterocycles. The molecule has 2 unspecified atom stereocenters. The maximum absolute atomic E-state index is 12.4. The highest BCUT2D eigenvalue weighted by Crippen LogP contribution is 2.15. The summed E-state index contributed by atoms with van der Waals surface area (Å²) in [5, 5.41) is 23.2. The Balaban J connectivity index is 3.60. The van der Waals surface area contributed by atoms with Crippen molar-refractivity contribution in [1.82, 2.24) is 5.32 Å². The molecular weight excluding hydrogens is 687 g/mol. The minimum Gasteiger partial charge on any atom is -0.394 e. The van der Waals surface area contributed by atoms with E-state index in [-0.39, 0.29) is 12.5 Å². The zero-order valence-electron chi connectivity index (χ0n) is 36.9. The van der Waals surface area contributed by atoms with Crippen molar-refractivity contribution in [3.05, 3.63) is 85.1 Å². The summed E-state index contributed by atoms with van der Waals surface area (Å²) in [5.41, 5.74) is 0. The molecule has 3 N–H and O–H groups in total. The third kappa shape index (κ3) is 42.7. The summed E-state index contributed by atoms with van der Waals surface area (Å²) in [6.45, 7) is 4.24. The molecule has 2 atom stereocenters. The van der Waals surface area contributed by atoms with Gasteiger partial charge in [-0.1, -0.05) is 227 Å². The minimum atomic E-state index is -0.669. The second kappa shape index (κ2) is 46.9. The molecule has 4 heteroatoms. The molecule has 322 valence electrons. The average Bonchev–Trinajstić information content (AvgIpc) is 3.20. The molecule has 0 aliphatic rings. The molecule has 0 heterocycles. The van der Waals surface area contributed by atoms with Gasteiger partial charge in [-0.3, -0.25) is 4.79 Å². The molecule has 0 spiro atoms. The Hall–Kier alpha value is -2.43. The van der Waals surface area contributed by atoms with Gasteiger partial charge in [-0.15, -0.1) is 0 Å². The van der Waals surface area contributed by atoms with E-state index < -0.39 is 12.1 Å². The van der Waals surface area contributed by atoms with Gasteiger partial charge >= 0.3 is 0 Å². The smallest absolute Gasteiger partial charge is 0.220 e. The lowest BCUT2D eigenvalue weighted by atomic mass is 10.0. The third-order valence-corrected chi connectivity index (χ3v) is 10.4. The van der Waals surface area contributed by atoms with Crippen molar-refractivity contribution in [1.29, 1.82) is 0 Å². The highest BCUT2D eigenvalue weighted by atomic mass is 16.3. The Bertz CT molecular complexity index is 1020. The lowest BCUT2D eigenvalue weighted by Gasteiger charge is -2.22. The number of amides is 1. The summed E-state index contributed by atoms with van der Waals surface area (Å²) >= 11 is 0. The molecule has 0 bridgehead atoms. The first-order chi connectivity index (χ1) is 27.7. The van der Waals surface area contributed by atoms with Crippen LogP contribution in [0.2, 0.25) is 0 Å². The summed E-state index contributed by atoms with van der Waals surface area (Å²) in [6, 6.07) is -0.547. The van der Waals surface area contributed by atoms with Gasteiger partial charge in [0, 0.05) is 6.42 Å². The van der Waals surface area contributed by atoms with Crippen LogP contribution in [0.1, 0.15) is 219 Å².